The number of nitrogens with zero attached hydrogens (tertiary/aromatic N) is 2. The number of aliphatic carboxylic acids is 1. The zero-order valence-electron chi connectivity index (χ0n) is 25.4. The van der Waals surface area contributed by atoms with Gasteiger partial charge in [-0.25, -0.2) is 13.4 Å². The summed E-state index contributed by atoms with van der Waals surface area (Å²) in [5, 5.41) is 15.3. The lowest BCUT2D eigenvalue weighted by Gasteiger charge is -2.24. The van der Waals surface area contributed by atoms with E-state index in [1.165, 1.54) is 7.11 Å². The van der Waals surface area contributed by atoms with Crippen LogP contribution in [0.3, 0.4) is 0 Å². The summed E-state index contributed by atoms with van der Waals surface area (Å²) in [5.41, 5.74) is 1.84. The van der Waals surface area contributed by atoms with Gasteiger partial charge in [-0.15, -0.1) is 0 Å². The molecule has 4 N–H and O–H groups in total. The van der Waals surface area contributed by atoms with E-state index in [2.05, 4.69) is 20.3 Å². The van der Waals surface area contributed by atoms with Crippen molar-refractivity contribution >= 4 is 33.6 Å². The number of sulfonamides is 1. The van der Waals surface area contributed by atoms with Crippen molar-refractivity contribution in [1.29, 1.82) is 0 Å². The van der Waals surface area contributed by atoms with Gasteiger partial charge in [-0.2, -0.15) is 4.72 Å². The van der Waals surface area contributed by atoms with Gasteiger partial charge < -0.3 is 34.9 Å². The number of hydrogen-bond acceptors (Lipinski definition) is 10. The second-order valence-electron chi connectivity index (χ2n) is 10.6. The van der Waals surface area contributed by atoms with Crippen molar-refractivity contribution in [2.24, 2.45) is 0 Å². The fourth-order valence-electron chi connectivity index (χ4n) is 5.04. The minimum absolute atomic E-state index is 0.000492. The molecule has 1 aromatic heterocycles. The van der Waals surface area contributed by atoms with Crippen LogP contribution in [-0.4, -0.2) is 113 Å². The molecule has 0 aliphatic carbocycles. The van der Waals surface area contributed by atoms with Crippen molar-refractivity contribution in [2.45, 2.75) is 50.3 Å². The summed E-state index contributed by atoms with van der Waals surface area (Å²) in [4.78, 5) is 43.2. The Labute approximate surface area is 257 Å². The number of carboxylic acids is 1. The fraction of sp³-hybridized carbons (Fsp3) is 0.517. The van der Waals surface area contributed by atoms with Crippen molar-refractivity contribution in [3.8, 4) is 0 Å². The van der Waals surface area contributed by atoms with E-state index >= 15 is 0 Å². The third kappa shape index (κ3) is 10.2. The standard InChI is InChI=1S/C29H41N5O9S/c1-19-11-20(2)28(21(3)12-19)44(39,40)33-24(29(37)38)15-32-26(35)17-43-23-13-22(14-31-25-7-5-6-8-30-25)34(16-23)27(36)18-42-10-9-41-4/h5-8,11-12,22-24,33H,9-10,13-18H2,1-4H3,(H,30,31)(H,32,35)(H,37,38)/t22-,23+,24-/m0/s1. The summed E-state index contributed by atoms with van der Waals surface area (Å²) in [5.74, 6) is -1.66. The number of aromatic nitrogens is 1. The Morgan fingerprint density at radius 3 is 2.48 bits per heavy atom. The maximum absolute atomic E-state index is 13.0. The Morgan fingerprint density at radius 2 is 1.84 bits per heavy atom. The molecule has 0 spiro atoms. The minimum atomic E-state index is -4.19. The number of aryl methyl sites for hydroxylation is 3. The number of nitrogens with one attached hydrogen (secondary N) is 3. The van der Waals surface area contributed by atoms with Crippen LogP contribution in [0.15, 0.2) is 41.4 Å². The van der Waals surface area contributed by atoms with E-state index in [1.807, 2.05) is 13.0 Å². The van der Waals surface area contributed by atoms with Gasteiger partial charge in [0.1, 0.15) is 25.1 Å². The van der Waals surface area contributed by atoms with Crippen LogP contribution in [-0.2, 0) is 38.6 Å². The van der Waals surface area contributed by atoms with Crippen molar-refractivity contribution in [2.75, 3.05) is 58.5 Å². The molecule has 2 amide bonds. The molecular formula is C29H41N5O9S. The molecule has 3 atom stereocenters. The third-order valence-electron chi connectivity index (χ3n) is 6.96. The molecule has 2 heterocycles. The molecule has 3 rings (SSSR count). The highest BCUT2D eigenvalue weighted by molar-refractivity contribution is 7.89. The maximum Gasteiger partial charge on any atom is 0.323 e. The molecule has 1 aliphatic heterocycles. The van der Waals surface area contributed by atoms with Crippen LogP contribution in [0.5, 0.6) is 0 Å². The fourth-order valence-corrected chi connectivity index (χ4v) is 6.69. The second-order valence-corrected chi connectivity index (χ2v) is 12.2. The van der Waals surface area contributed by atoms with E-state index in [0.717, 1.165) is 5.56 Å². The summed E-state index contributed by atoms with van der Waals surface area (Å²) in [6.45, 7) is 5.31. The van der Waals surface area contributed by atoms with Gasteiger partial charge >= 0.3 is 5.97 Å². The number of benzene rings is 1. The van der Waals surface area contributed by atoms with Gasteiger partial charge in [0.05, 0.1) is 30.3 Å². The maximum atomic E-state index is 13.0. The normalized spacial score (nSPS) is 17.3. The van der Waals surface area contributed by atoms with Crippen LogP contribution >= 0.6 is 0 Å². The topological polar surface area (TPSA) is 185 Å². The van der Waals surface area contributed by atoms with Crippen LogP contribution in [0.4, 0.5) is 5.82 Å². The van der Waals surface area contributed by atoms with Crippen LogP contribution in [0, 0.1) is 20.8 Å². The Bertz CT molecular complexity index is 1370. The first-order valence-corrected chi connectivity index (χ1v) is 15.6. The molecule has 15 heteroatoms. The van der Waals surface area contributed by atoms with E-state index in [4.69, 9.17) is 14.2 Å². The van der Waals surface area contributed by atoms with E-state index in [-0.39, 0.29) is 36.6 Å². The number of amides is 2. The number of methoxy groups -OCH3 is 1. The van der Waals surface area contributed by atoms with Crippen molar-refractivity contribution in [1.82, 2.24) is 19.9 Å². The van der Waals surface area contributed by atoms with Gasteiger partial charge in [-0.3, -0.25) is 14.4 Å². The molecular weight excluding hydrogens is 594 g/mol. The van der Waals surface area contributed by atoms with Gasteiger partial charge in [-0.1, -0.05) is 23.8 Å². The predicted molar refractivity (Wildman–Crippen MR) is 161 cm³/mol. The van der Waals surface area contributed by atoms with Crippen molar-refractivity contribution in [3.63, 3.8) is 0 Å². The number of anilines is 1. The summed E-state index contributed by atoms with van der Waals surface area (Å²) in [6.07, 6.45) is 1.61. The Hall–Kier alpha value is -3.63. The molecule has 0 unspecified atom stereocenters. The van der Waals surface area contributed by atoms with Gasteiger partial charge in [0.25, 0.3) is 0 Å². The van der Waals surface area contributed by atoms with Crippen LogP contribution in [0.25, 0.3) is 0 Å². The molecule has 44 heavy (non-hydrogen) atoms. The zero-order valence-corrected chi connectivity index (χ0v) is 26.2. The number of carbonyl (C=O) groups excluding carboxylic acids is 2. The number of likely N-dealkylation sites (tertiary alicyclic amines) is 1. The molecule has 14 nitrogen and oxygen atoms in total. The third-order valence-corrected chi connectivity index (χ3v) is 8.74. The van der Waals surface area contributed by atoms with Crippen LogP contribution < -0.4 is 15.4 Å². The summed E-state index contributed by atoms with van der Waals surface area (Å²) in [7, 11) is -2.65. The lowest BCUT2D eigenvalue weighted by molar-refractivity contribution is -0.139. The lowest BCUT2D eigenvalue weighted by Crippen LogP contribution is -2.49. The molecule has 242 valence electrons. The minimum Gasteiger partial charge on any atom is -0.480 e. The van der Waals surface area contributed by atoms with E-state index in [1.54, 1.807) is 49.2 Å². The molecule has 1 saturated heterocycles. The molecule has 1 fully saturated rings. The number of carbonyl (C=O) groups is 3. The highest BCUT2D eigenvalue weighted by Crippen LogP contribution is 2.23. The Kier molecular flexibility index (Phi) is 13.0. The highest BCUT2D eigenvalue weighted by atomic mass is 32.2. The van der Waals surface area contributed by atoms with Crippen LogP contribution in [0.2, 0.25) is 0 Å². The first kappa shape index (κ1) is 34.9. The van der Waals surface area contributed by atoms with Gasteiger partial charge in [0, 0.05) is 32.9 Å². The van der Waals surface area contributed by atoms with Crippen LogP contribution in [0.1, 0.15) is 23.1 Å². The molecule has 0 radical (unpaired) electrons. The molecule has 0 bridgehead atoms. The molecule has 2 aromatic rings. The second kappa shape index (κ2) is 16.4. The van der Waals surface area contributed by atoms with E-state index in [9.17, 15) is 27.9 Å². The lowest BCUT2D eigenvalue weighted by atomic mass is 10.1. The van der Waals surface area contributed by atoms with E-state index < -0.39 is 47.2 Å². The van der Waals surface area contributed by atoms with Gasteiger partial charge in [0.2, 0.25) is 21.8 Å². The first-order valence-electron chi connectivity index (χ1n) is 14.1. The number of carboxylic acid groups (broad SMARTS) is 1. The predicted octanol–water partition coefficient (Wildman–Crippen LogP) is 0.616. The Balaban J connectivity index is 1.55. The van der Waals surface area contributed by atoms with Gasteiger partial charge in [0.15, 0.2) is 0 Å². The number of pyridine rings is 1. The zero-order chi connectivity index (χ0) is 32.3. The number of ether oxygens (including phenoxy) is 3. The average Bonchev–Trinajstić information content (AvgIpc) is 3.38. The average molecular weight is 636 g/mol. The quantitative estimate of drug-likeness (QED) is 0.179. The first-order chi connectivity index (χ1) is 20.9. The van der Waals surface area contributed by atoms with Crippen molar-refractivity contribution in [3.05, 3.63) is 53.2 Å². The monoisotopic (exact) mass is 635 g/mol. The van der Waals surface area contributed by atoms with Gasteiger partial charge in [-0.05, 0) is 50.5 Å². The summed E-state index contributed by atoms with van der Waals surface area (Å²) < 4.78 is 44.4. The molecule has 1 aromatic carbocycles. The number of rotatable bonds is 17. The smallest absolute Gasteiger partial charge is 0.323 e. The number of hydrogen-bond donors (Lipinski definition) is 4. The molecule has 1 aliphatic rings. The summed E-state index contributed by atoms with van der Waals surface area (Å²) in [6, 6.07) is 6.96. The Morgan fingerprint density at radius 1 is 1.11 bits per heavy atom. The van der Waals surface area contributed by atoms with Crippen molar-refractivity contribution < 1.29 is 42.1 Å². The molecule has 0 saturated carbocycles. The van der Waals surface area contributed by atoms with E-state index in [0.29, 0.717) is 36.5 Å². The largest absolute Gasteiger partial charge is 0.480 e. The summed E-state index contributed by atoms with van der Waals surface area (Å²) >= 11 is 0. The highest BCUT2D eigenvalue weighted by Gasteiger charge is 2.36. The SMILES string of the molecule is COCCOCC(=O)N1C[C@H](OCC(=O)NC[C@H](NS(=O)(=O)c2c(C)cc(C)cc2C)C(=O)O)C[C@H]1CNc1ccccn1.